The van der Waals surface area contributed by atoms with Crippen LogP contribution in [0.4, 0.5) is 0 Å². The van der Waals surface area contributed by atoms with Crippen LogP contribution in [0, 0.1) is 39.4 Å². The summed E-state index contributed by atoms with van der Waals surface area (Å²) < 4.78 is 0. The fraction of sp³-hybridized carbons (Fsp3) is 0.955. The highest BCUT2D eigenvalue weighted by molar-refractivity contribution is 5.96. The summed E-state index contributed by atoms with van der Waals surface area (Å²) in [7, 11) is 0. The molecule has 5 saturated carbocycles. The molecule has 3 nitrogen and oxygen atoms in total. The Bertz CT molecular complexity index is 677. The van der Waals surface area contributed by atoms with Crippen LogP contribution < -0.4 is 0 Å². The smallest absolute Gasteiger partial charge is 0.148 e. The number of hydrogen-bond donors (Lipinski definition) is 1. The zero-order valence-corrected chi connectivity index (χ0v) is 16.1. The van der Waals surface area contributed by atoms with E-state index in [0.29, 0.717) is 23.2 Å². The van der Waals surface area contributed by atoms with E-state index in [0.717, 1.165) is 31.7 Å². The number of carbonyl (C=O) groups is 1. The predicted octanol–water partition coefficient (Wildman–Crippen LogP) is 3.25. The van der Waals surface area contributed by atoms with Gasteiger partial charge >= 0.3 is 0 Å². The number of rotatable bonds is 1. The molecule has 6 aliphatic rings. The normalized spacial score (nSPS) is 64.6. The number of aliphatic hydroxyl groups is 1. The maximum Gasteiger partial charge on any atom is 0.148 e. The van der Waals surface area contributed by atoms with Gasteiger partial charge in [-0.3, -0.25) is 9.69 Å². The molecule has 0 aromatic carbocycles. The van der Waals surface area contributed by atoms with E-state index >= 15 is 0 Å². The average molecular weight is 344 g/mol. The lowest BCUT2D eigenvalue weighted by Crippen LogP contribution is -2.64. The van der Waals surface area contributed by atoms with Gasteiger partial charge in [0.1, 0.15) is 5.78 Å². The molecule has 3 heteroatoms. The SMILES string of the molecule is CCN1C[C@]2(C)CCC[C@]34C1[C@H](C[C@H]23)[C@]12CCC[C@](C)(C1=O)[C@@H](O)[C@@H]24. The number of Topliss-reactive ketones (excluding diaryl/α,β-unsaturated/α-hetero) is 1. The first-order valence-electron chi connectivity index (χ1n) is 10.8. The van der Waals surface area contributed by atoms with E-state index in [9.17, 15) is 9.90 Å². The van der Waals surface area contributed by atoms with Crippen molar-refractivity contribution in [1.29, 1.82) is 0 Å². The molecule has 2 spiro atoms. The second kappa shape index (κ2) is 4.19. The van der Waals surface area contributed by atoms with Crippen molar-refractivity contribution in [3.63, 3.8) is 0 Å². The van der Waals surface area contributed by atoms with Gasteiger partial charge in [-0.2, -0.15) is 0 Å². The molecule has 25 heavy (non-hydrogen) atoms. The van der Waals surface area contributed by atoms with Gasteiger partial charge in [-0.1, -0.05) is 33.6 Å². The number of fused-ring (bicyclic) bond motifs is 1. The lowest BCUT2D eigenvalue weighted by Gasteiger charge is -2.62. The highest BCUT2D eigenvalue weighted by atomic mass is 16.3. The molecule has 1 saturated heterocycles. The fourth-order valence-electron chi connectivity index (χ4n) is 10.2. The van der Waals surface area contributed by atoms with Crippen molar-refractivity contribution in [3.8, 4) is 0 Å². The van der Waals surface area contributed by atoms with Crippen molar-refractivity contribution in [2.24, 2.45) is 39.4 Å². The molecule has 6 rings (SSSR count). The summed E-state index contributed by atoms with van der Waals surface area (Å²) in [6.07, 6.45) is 7.90. The first kappa shape index (κ1) is 15.6. The van der Waals surface area contributed by atoms with Crippen LogP contribution in [0.15, 0.2) is 0 Å². The summed E-state index contributed by atoms with van der Waals surface area (Å²) in [5.74, 6) is 1.99. The van der Waals surface area contributed by atoms with Gasteiger partial charge in [0.15, 0.2) is 0 Å². The Labute approximate surface area is 151 Å². The van der Waals surface area contributed by atoms with Crippen LogP contribution in [0.25, 0.3) is 0 Å². The number of ketones is 1. The Balaban J connectivity index is 1.62. The van der Waals surface area contributed by atoms with E-state index in [1.54, 1.807) is 0 Å². The number of likely N-dealkylation sites (tertiary alicyclic amines) is 1. The molecule has 9 atom stereocenters. The number of aliphatic hydroxyl groups excluding tert-OH is 1. The van der Waals surface area contributed by atoms with Crippen LogP contribution in [0.5, 0.6) is 0 Å². The molecule has 0 aromatic heterocycles. The Morgan fingerprint density at radius 3 is 2.68 bits per heavy atom. The highest BCUT2D eigenvalue weighted by Crippen LogP contribution is 2.84. The largest absolute Gasteiger partial charge is 0.392 e. The van der Waals surface area contributed by atoms with Crippen molar-refractivity contribution >= 4 is 5.78 Å². The number of nitrogens with zero attached hydrogens (tertiary/aromatic N) is 1. The van der Waals surface area contributed by atoms with E-state index in [1.165, 1.54) is 32.2 Å². The summed E-state index contributed by atoms with van der Waals surface area (Å²) in [5, 5.41) is 11.6. The number of carbonyl (C=O) groups excluding carboxylic acids is 1. The summed E-state index contributed by atoms with van der Waals surface area (Å²) in [5.41, 5.74) is 0.00625. The molecular formula is C22H33NO2. The van der Waals surface area contributed by atoms with Gasteiger partial charge in [-0.15, -0.1) is 0 Å². The van der Waals surface area contributed by atoms with Gasteiger partial charge in [0, 0.05) is 23.9 Å². The second-order valence-electron chi connectivity index (χ2n) is 11.1. The van der Waals surface area contributed by atoms with Crippen LogP contribution in [-0.4, -0.2) is 41.0 Å². The second-order valence-corrected chi connectivity index (χ2v) is 11.1. The van der Waals surface area contributed by atoms with Crippen molar-refractivity contribution in [3.05, 3.63) is 0 Å². The van der Waals surface area contributed by atoms with Crippen LogP contribution in [-0.2, 0) is 4.79 Å². The molecule has 5 aliphatic carbocycles. The summed E-state index contributed by atoms with van der Waals surface area (Å²) in [4.78, 5) is 16.5. The van der Waals surface area contributed by atoms with Crippen LogP contribution in [0.2, 0.25) is 0 Å². The van der Waals surface area contributed by atoms with Gasteiger partial charge in [-0.25, -0.2) is 0 Å². The van der Waals surface area contributed by atoms with Gasteiger partial charge in [0.2, 0.25) is 0 Å². The van der Waals surface area contributed by atoms with Crippen molar-refractivity contribution in [2.45, 2.75) is 77.9 Å². The third kappa shape index (κ3) is 1.28. The molecule has 1 aliphatic heterocycles. The molecule has 1 unspecified atom stereocenters. The molecule has 1 N–H and O–H groups in total. The molecule has 6 fully saturated rings. The first-order valence-corrected chi connectivity index (χ1v) is 10.8. The lowest BCUT2D eigenvalue weighted by atomic mass is 9.46. The van der Waals surface area contributed by atoms with Crippen LogP contribution in [0.3, 0.4) is 0 Å². The van der Waals surface area contributed by atoms with E-state index in [2.05, 4.69) is 25.7 Å². The van der Waals surface area contributed by atoms with Gasteiger partial charge in [0.25, 0.3) is 0 Å². The Morgan fingerprint density at radius 2 is 1.92 bits per heavy atom. The summed E-state index contributed by atoms with van der Waals surface area (Å²) in [6, 6.07) is 0.571. The van der Waals surface area contributed by atoms with E-state index in [-0.39, 0.29) is 16.7 Å². The van der Waals surface area contributed by atoms with Gasteiger partial charge < -0.3 is 5.11 Å². The topological polar surface area (TPSA) is 40.5 Å². The average Bonchev–Trinajstić information content (AvgIpc) is 2.99. The minimum Gasteiger partial charge on any atom is -0.392 e. The molecule has 138 valence electrons. The molecule has 1 heterocycles. The van der Waals surface area contributed by atoms with E-state index in [1.807, 2.05) is 0 Å². The Hall–Kier alpha value is -0.410. The summed E-state index contributed by atoms with van der Waals surface area (Å²) >= 11 is 0. The predicted molar refractivity (Wildman–Crippen MR) is 95.9 cm³/mol. The van der Waals surface area contributed by atoms with Gasteiger partial charge in [0.05, 0.1) is 11.5 Å². The van der Waals surface area contributed by atoms with Crippen LogP contribution >= 0.6 is 0 Å². The fourth-order valence-corrected chi connectivity index (χ4v) is 10.2. The maximum atomic E-state index is 13.8. The maximum absolute atomic E-state index is 13.8. The zero-order chi connectivity index (χ0) is 17.4. The third-order valence-electron chi connectivity index (χ3n) is 10.6. The monoisotopic (exact) mass is 343 g/mol. The van der Waals surface area contributed by atoms with Crippen molar-refractivity contribution < 1.29 is 9.90 Å². The highest BCUT2D eigenvalue weighted by Gasteiger charge is 2.86. The lowest BCUT2D eigenvalue weighted by molar-refractivity contribution is -0.162. The van der Waals surface area contributed by atoms with Crippen molar-refractivity contribution in [1.82, 2.24) is 4.90 Å². The standard InChI is InChI=1S/C22H33NO2/c1-4-23-12-19(2)7-5-10-22-14(19)11-13(16(22)23)21-9-6-8-20(3,18(21)25)17(24)15(21)22/h13-17,24H,4-12H2,1-3H3/t13-,14+,15-,16?,17-,19-,20-,21-,22-/m0/s1. The number of hydrogen-bond acceptors (Lipinski definition) is 3. The van der Waals surface area contributed by atoms with Crippen molar-refractivity contribution in [2.75, 3.05) is 13.1 Å². The van der Waals surface area contributed by atoms with Gasteiger partial charge in [-0.05, 0) is 61.3 Å². The Morgan fingerprint density at radius 1 is 1.16 bits per heavy atom. The minimum absolute atomic E-state index is 0.177. The van der Waals surface area contributed by atoms with Crippen LogP contribution in [0.1, 0.15) is 65.7 Å². The van der Waals surface area contributed by atoms with E-state index < -0.39 is 11.5 Å². The molecule has 0 radical (unpaired) electrons. The molecule has 7 bridgehead atoms. The van der Waals surface area contributed by atoms with E-state index in [4.69, 9.17) is 0 Å². The molecular weight excluding hydrogens is 310 g/mol. The third-order valence-corrected chi connectivity index (χ3v) is 10.6. The molecule has 0 aromatic rings. The minimum atomic E-state index is -0.446. The number of piperidine rings is 1. The quantitative estimate of drug-likeness (QED) is 0.794. The first-order chi connectivity index (χ1) is 11.9. The molecule has 0 amide bonds. The Kier molecular flexibility index (Phi) is 2.62. The zero-order valence-electron chi connectivity index (χ0n) is 16.1. The summed E-state index contributed by atoms with van der Waals surface area (Å²) in [6.45, 7) is 9.27.